The van der Waals surface area contributed by atoms with Gasteiger partial charge in [-0.05, 0) is 50.5 Å². The molecular weight excluding hydrogens is 254 g/mol. The molecule has 0 radical (unpaired) electrons. The Labute approximate surface area is 122 Å². The van der Waals surface area contributed by atoms with Gasteiger partial charge in [-0.15, -0.1) is 0 Å². The van der Waals surface area contributed by atoms with Gasteiger partial charge < -0.3 is 9.84 Å². The molecule has 116 valence electrons. The summed E-state index contributed by atoms with van der Waals surface area (Å²) in [4.78, 5) is 11.8. The van der Waals surface area contributed by atoms with Crippen LogP contribution in [0.2, 0.25) is 0 Å². The quantitative estimate of drug-likeness (QED) is 0.719. The molecule has 0 heterocycles. The number of hydrogen-bond acceptors (Lipinski definition) is 3. The predicted octanol–water partition coefficient (Wildman–Crippen LogP) is 2.81. The predicted molar refractivity (Wildman–Crippen MR) is 78.8 cm³/mol. The van der Waals surface area contributed by atoms with Gasteiger partial charge in [0.05, 0.1) is 12.7 Å². The number of carboxylic acid groups (broad SMARTS) is 1. The fourth-order valence-electron chi connectivity index (χ4n) is 3.32. The van der Waals surface area contributed by atoms with Crippen LogP contribution in [0.1, 0.15) is 58.8 Å². The number of carbonyl (C=O) groups is 1. The van der Waals surface area contributed by atoms with Gasteiger partial charge >= 0.3 is 5.97 Å². The van der Waals surface area contributed by atoms with E-state index in [1.165, 1.54) is 19.3 Å². The number of nitrogens with one attached hydrogen (secondary N) is 1. The molecule has 2 aliphatic carbocycles. The van der Waals surface area contributed by atoms with E-state index in [4.69, 9.17) is 4.74 Å². The number of ether oxygens (including phenoxy) is 1. The summed E-state index contributed by atoms with van der Waals surface area (Å²) in [6.45, 7) is 5.35. The third-order valence-electron chi connectivity index (χ3n) is 4.90. The van der Waals surface area contributed by atoms with Crippen molar-refractivity contribution in [1.82, 2.24) is 5.32 Å². The van der Waals surface area contributed by atoms with Gasteiger partial charge in [-0.3, -0.25) is 10.1 Å². The van der Waals surface area contributed by atoms with Gasteiger partial charge in [-0.25, -0.2) is 0 Å². The molecule has 0 spiro atoms. The van der Waals surface area contributed by atoms with Crippen molar-refractivity contribution in [1.29, 1.82) is 0 Å². The molecule has 2 aliphatic rings. The molecule has 4 nitrogen and oxygen atoms in total. The fraction of sp³-hybridized carbons (Fsp3) is 0.938. The summed E-state index contributed by atoms with van der Waals surface area (Å²) in [7, 11) is 0. The molecule has 3 atom stereocenters. The molecule has 2 N–H and O–H groups in total. The Kier molecular flexibility index (Phi) is 5.44. The van der Waals surface area contributed by atoms with Crippen molar-refractivity contribution >= 4 is 5.97 Å². The maximum Gasteiger partial charge on any atom is 0.326 e. The van der Waals surface area contributed by atoms with Crippen LogP contribution in [-0.2, 0) is 9.53 Å². The maximum absolute atomic E-state index is 11.8. The Morgan fingerprint density at radius 3 is 2.55 bits per heavy atom. The van der Waals surface area contributed by atoms with E-state index in [1.54, 1.807) is 0 Å². The van der Waals surface area contributed by atoms with Crippen molar-refractivity contribution in [3.05, 3.63) is 0 Å². The van der Waals surface area contributed by atoms with Crippen LogP contribution in [0, 0.1) is 11.8 Å². The van der Waals surface area contributed by atoms with Gasteiger partial charge in [0.15, 0.2) is 0 Å². The Balaban J connectivity index is 1.97. The first-order chi connectivity index (χ1) is 9.60. The lowest BCUT2D eigenvalue weighted by atomic mass is 9.87. The van der Waals surface area contributed by atoms with Crippen molar-refractivity contribution in [2.24, 2.45) is 11.8 Å². The van der Waals surface area contributed by atoms with E-state index in [9.17, 15) is 9.90 Å². The lowest BCUT2D eigenvalue weighted by Crippen LogP contribution is -2.58. The van der Waals surface area contributed by atoms with Crippen LogP contribution in [-0.4, -0.2) is 35.9 Å². The van der Waals surface area contributed by atoms with E-state index in [0.29, 0.717) is 12.5 Å². The smallest absolute Gasteiger partial charge is 0.326 e. The fourth-order valence-corrected chi connectivity index (χ4v) is 3.32. The van der Waals surface area contributed by atoms with Gasteiger partial charge in [0.2, 0.25) is 0 Å². The Morgan fingerprint density at radius 1 is 1.30 bits per heavy atom. The van der Waals surface area contributed by atoms with Crippen LogP contribution in [0.4, 0.5) is 0 Å². The molecule has 0 aliphatic heterocycles. The normalized spacial score (nSPS) is 29.9. The summed E-state index contributed by atoms with van der Waals surface area (Å²) in [6, 6.07) is 0. The molecule has 20 heavy (non-hydrogen) atoms. The third kappa shape index (κ3) is 3.53. The van der Waals surface area contributed by atoms with Crippen LogP contribution >= 0.6 is 0 Å². The lowest BCUT2D eigenvalue weighted by molar-refractivity contribution is -0.151. The zero-order valence-electron chi connectivity index (χ0n) is 12.9. The zero-order valence-corrected chi connectivity index (χ0v) is 12.9. The second-order valence-corrected chi connectivity index (χ2v) is 6.59. The minimum atomic E-state index is -0.854. The minimum Gasteiger partial charge on any atom is -0.480 e. The highest BCUT2D eigenvalue weighted by atomic mass is 16.5. The van der Waals surface area contributed by atoms with Gasteiger partial charge in [0, 0.05) is 0 Å². The molecule has 0 aromatic heterocycles. The maximum atomic E-state index is 11.8. The first-order valence-corrected chi connectivity index (χ1v) is 8.20. The number of carboxylic acids is 1. The Hall–Kier alpha value is -0.610. The van der Waals surface area contributed by atoms with E-state index in [2.05, 4.69) is 19.2 Å². The molecule has 2 rings (SSSR count). The van der Waals surface area contributed by atoms with Crippen molar-refractivity contribution in [3.8, 4) is 0 Å². The Morgan fingerprint density at radius 2 is 2.00 bits per heavy atom. The first kappa shape index (κ1) is 15.8. The van der Waals surface area contributed by atoms with E-state index in [0.717, 1.165) is 32.2 Å². The van der Waals surface area contributed by atoms with Gasteiger partial charge in [-0.1, -0.05) is 26.7 Å². The third-order valence-corrected chi connectivity index (χ3v) is 4.90. The number of aliphatic carboxylic acids is 1. The monoisotopic (exact) mass is 283 g/mol. The minimum absolute atomic E-state index is 0.240. The topological polar surface area (TPSA) is 58.6 Å². The van der Waals surface area contributed by atoms with Crippen molar-refractivity contribution in [3.63, 3.8) is 0 Å². The second-order valence-electron chi connectivity index (χ2n) is 6.59. The molecule has 0 bridgehead atoms. The van der Waals surface area contributed by atoms with Gasteiger partial charge in [-0.2, -0.15) is 0 Å². The lowest BCUT2D eigenvalue weighted by Gasteiger charge is -2.35. The van der Waals surface area contributed by atoms with E-state index in [1.807, 2.05) is 0 Å². The average molecular weight is 283 g/mol. The van der Waals surface area contributed by atoms with Crippen LogP contribution in [0.25, 0.3) is 0 Å². The van der Waals surface area contributed by atoms with Crippen LogP contribution in [0.15, 0.2) is 0 Å². The van der Waals surface area contributed by atoms with Gasteiger partial charge in [0.25, 0.3) is 0 Å². The highest BCUT2D eigenvalue weighted by molar-refractivity contribution is 5.80. The molecule has 4 heteroatoms. The van der Waals surface area contributed by atoms with E-state index < -0.39 is 11.5 Å². The molecule has 0 aromatic carbocycles. The largest absolute Gasteiger partial charge is 0.480 e. The summed E-state index contributed by atoms with van der Waals surface area (Å²) in [5.41, 5.74) is -0.854. The molecule has 0 aromatic rings. The summed E-state index contributed by atoms with van der Waals surface area (Å²) in [5, 5.41) is 13.0. The highest BCUT2D eigenvalue weighted by Gasteiger charge is 2.51. The summed E-state index contributed by atoms with van der Waals surface area (Å²) in [5.74, 6) is 0.0583. The number of rotatable bonds is 8. The molecule has 2 fully saturated rings. The molecule has 0 amide bonds. The van der Waals surface area contributed by atoms with E-state index >= 15 is 0 Å². The van der Waals surface area contributed by atoms with Crippen LogP contribution in [0.5, 0.6) is 0 Å². The van der Waals surface area contributed by atoms with Gasteiger partial charge in [0.1, 0.15) is 5.54 Å². The molecule has 0 saturated heterocycles. The molecular formula is C16H29NO3. The zero-order chi connectivity index (χ0) is 14.6. The standard InChI is InChI=1S/C16H29NO3/c1-3-10-17-16(15(18)19,13-8-9-13)11-20-14-7-5-4-6-12(14)2/h12-14,17H,3-11H2,1-2H3,(H,18,19). The van der Waals surface area contributed by atoms with Crippen LogP contribution in [0.3, 0.4) is 0 Å². The molecule has 2 saturated carbocycles. The van der Waals surface area contributed by atoms with Crippen molar-refractivity contribution in [2.75, 3.05) is 13.2 Å². The van der Waals surface area contributed by atoms with Crippen molar-refractivity contribution in [2.45, 2.75) is 70.4 Å². The Bertz CT molecular complexity index is 330. The average Bonchev–Trinajstić information content (AvgIpc) is 3.25. The summed E-state index contributed by atoms with van der Waals surface area (Å²) in [6.07, 6.45) is 7.97. The summed E-state index contributed by atoms with van der Waals surface area (Å²) >= 11 is 0. The SMILES string of the molecule is CCCNC(COC1CCCCC1C)(C(=O)O)C1CC1. The second kappa shape index (κ2) is 6.90. The highest BCUT2D eigenvalue weighted by Crippen LogP contribution is 2.41. The summed E-state index contributed by atoms with van der Waals surface area (Å²) < 4.78 is 6.08. The molecule has 3 unspecified atom stereocenters. The van der Waals surface area contributed by atoms with Crippen molar-refractivity contribution < 1.29 is 14.6 Å². The van der Waals surface area contributed by atoms with E-state index in [-0.39, 0.29) is 12.0 Å². The number of hydrogen-bond donors (Lipinski definition) is 2. The van der Waals surface area contributed by atoms with Crippen LogP contribution < -0.4 is 5.32 Å². The first-order valence-electron chi connectivity index (χ1n) is 8.20.